The largest absolute Gasteiger partial charge is 0.478 e. The fraction of sp³-hybridized carbons (Fsp3) is 0.357. The molecule has 0 fully saturated rings. The van der Waals surface area contributed by atoms with Gasteiger partial charge in [-0.25, -0.2) is 9.59 Å². The van der Waals surface area contributed by atoms with Crippen LogP contribution >= 0.6 is 11.3 Å². The second kappa shape index (κ2) is 7.58. The molecule has 0 bridgehead atoms. The maximum Gasteiger partial charge on any atom is 0.331 e. The summed E-state index contributed by atoms with van der Waals surface area (Å²) >= 11 is 1.58. The Kier molecular flexibility index (Phi) is 6.10. The van der Waals surface area contributed by atoms with E-state index in [0.717, 1.165) is 5.56 Å². The predicted molar refractivity (Wildman–Crippen MR) is 80.2 cm³/mol. The van der Waals surface area contributed by atoms with Crippen LogP contribution in [-0.4, -0.2) is 29.1 Å². The molecule has 0 aliphatic heterocycles. The first-order valence-corrected chi connectivity index (χ1v) is 7.29. The summed E-state index contributed by atoms with van der Waals surface area (Å²) in [6.07, 6.45) is 0.661. The number of imide groups is 1. The van der Waals surface area contributed by atoms with Crippen LogP contribution in [0.3, 0.4) is 0 Å². The molecule has 1 heterocycles. The van der Waals surface area contributed by atoms with E-state index in [-0.39, 0.29) is 17.2 Å². The molecule has 1 unspecified atom stereocenters. The van der Waals surface area contributed by atoms with E-state index in [1.807, 2.05) is 23.8 Å². The Morgan fingerprint density at radius 3 is 2.48 bits per heavy atom. The Bertz CT molecular complexity index is 564. The van der Waals surface area contributed by atoms with Crippen LogP contribution < -0.4 is 10.6 Å². The Balaban J connectivity index is 2.51. The molecule has 0 aliphatic carbocycles. The summed E-state index contributed by atoms with van der Waals surface area (Å²) < 4.78 is 0. The smallest absolute Gasteiger partial charge is 0.331 e. The molecule has 3 amide bonds. The van der Waals surface area contributed by atoms with E-state index < -0.39 is 17.9 Å². The standard InChI is InChI=1S/C14H18N2O4S/c1-8(6-11-4-5-21-7-11)15-14(20)16-12(17)9(2)10(3)13(18)19/h4-5,7-8H,6H2,1-3H3,(H,18,19)(H2,15,16,17,20). The topological polar surface area (TPSA) is 95.5 Å². The van der Waals surface area contributed by atoms with Gasteiger partial charge in [-0.1, -0.05) is 0 Å². The summed E-state index contributed by atoms with van der Waals surface area (Å²) in [5, 5.41) is 17.5. The molecule has 3 N–H and O–H groups in total. The molecule has 21 heavy (non-hydrogen) atoms. The van der Waals surface area contributed by atoms with E-state index in [2.05, 4.69) is 10.6 Å². The van der Waals surface area contributed by atoms with Gasteiger partial charge in [-0.15, -0.1) is 0 Å². The highest BCUT2D eigenvalue weighted by Crippen LogP contribution is 2.08. The zero-order valence-corrected chi connectivity index (χ0v) is 12.9. The van der Waals surface area contributed by atoms with Crippen molar-refractivity contribution in [3.05, 3.63) is 33.5 Å². The van der Waals surface area contributed by atoms with Gasteiger partial charge in [-0.05, 0) is 49.6 Å². The molecule has 0 saturated heterocycles. The van der Waals surface area contributed by atoms with Gasteiger partial charge in [0.15, 0.2) is 0 Å². The normalized spacial score (nSPS) is 13.1. The SMILES string of the molecule is CC(C(=O)O)=C(C)C(=O)NC(=O)NC(C)Cc1ccsc1. The number of amides is 3. The minimum absolute atomic E-state index is 0.00291. The number of aliphatic carboxylic acids is 1. The number of thiophene rings is 1. The molecule has 1 rings (SSSR count). The van der Waals surface area contributed by atoms with Crippen LogP contribution in [0.5, 0.6) is 0 Å². The molecule has 1 aromatic heterocycles. The van der Waals surface area contributed by atoms with Crippen molar-refractivity contribution >= 4 is 29.2 Å². The van der Waals surface area contributed by atoms with Gasteiger partial charge in [0.25, 0.3) is 5.91 Å². The number of carbonyl (C=O) groups excluding carboxylic acids is 2. The van der Waals surface area contributed by atoms with Crippen LogP contribution in [0.25, 0.3) is 0 Å². The Morgan fingerprint density at radius 1 is 1.29 bits per heavy atom. The number of carboxylic acids is 1. The average molecular weight is 310 g/mol. The third-order valence-corrected chi connectivity index (χ3v) is 3.68. The number of rotatable bonds is 5. The number of carboxylic acid groups (broad SMARTS) is 1. The van der Waals surface area contributed by atoms with Crippen molar-refractivity contribution in [1.82, 2.24) is 10.6 Å². The highest BCUT2D eigenvalue weighted by Gasteiger charge is 2.16. The van der Waals surface area contributed by atoms with E-state index in [1.165, 1.54) is 13.8 Å². The maximum absolute atomic E-state index is 11.7. The molecule has 6 nitrogen and oxygen atoms in total. The molecule has 0 aromatic carbocycles. The summed E-state index contributed by atoms with van der Waals surface area (Å²) in [5.41, 5.74) is 1.02. The minimum Gasteiger partial charge on any atom is -0.478 e. The van der Waals surface area contributed by atoms with Crippen molar-refractivity contribution in [3.63, 3.8) is 0 Å². The van der Waals surface area contributed by atoms with Gasteiger partial charge in [0.1, 0.15) is 0 Å². The molecular weight excluding hydrogens is 292 g/mol. The number of nitrogens with one attached hydrogen (secondary N) is 2. The summed E-state index contributed by atoms with van der Waals surface area (Å²) in [7, 11) is 0. The zero-order valence-electron chi connectivity index (χ0n) is 12.1. The quantitative estimate of drug-likeness (QED) is 0.724. The fourth-order valence-corrected chi connectivity index (χ4v) is 2.28. The molecule has 0 aliphatic rings. The van der Waals surface area contributed by atoms with Crippen molar-refractivity contribution in [2.75, 3.05) is 0 Å². The highest BCUT2D eigenvalue weighted by atomic mass is 32.1. The van der Waals surface area contributed by atoms with Crippen molar-refractivity contribution in [1.29, 1.82) is 0 Å². The van der Waals surface area contributed by atoms with Crippen molar-refractivity contribution in [3.8, 4) is 0 Å². The lowest BCUT2D eigenvalue weighted by Gasteiger charge is -2.13. The summed E-state index contributed by atoms with van der Waals surface area (Å²) in [6, 6.07) is 1.19. The first kappa shape index (κ1) is 16.9. The fourth-order valence-electron chi connectivity index (χ4n) is 1.60. The van der Waals surface area contributed by atoms with Gasteiger partial charge >= 0.3 is 12.0 Å². The van der Waals surface area contributed by atoms with E-state index in [4.69, 9.17) is 5.11 Å². The van der Waals surface area contributed by atoms with Crippen LogP contribution in [0.4, 0.5) is 4.79 Å². The first-order valence-electron chi connectivity index (χ1n) is 6.35. The molecule has 114 valence electrons. The zero-order chi connectivity index (χ0) is 16.0. The van der Waals surface area contributed by atoms with Crippen LogP contribution in [0, 0.1) is 0 Å². The molecule has 0 saturated carbocycles. The van der Waals surface area contributed by atoms with E-state index >= 15 is 0 Å². The van der Waals surface area contributed by atoms with Crippen molar-refractivity contribution in [2.45, 2.75) is 33.2 Å². The molecule has 1 atom stereocenters. The monoisotopic (exact) mass is 310 g/mol. The second-order valence-corrected chi connectivity index (χ2v) is 5.50. The number of urea groups is 1. The van der Waals surface area contributed by atoms with Gasteiger partial charge in [0, 0.05) is 17.2 Å². The second-order valence-electron chi connectivity index (χ2n) is 4.72. The number of hydrogen-bond acceptors (Lipinski definition) is 4. The number of carbonyl (C=O) groups is 3. The van der Waals surface area contributed by atoms with Gasteiger partial charge in [-0.3, -0.25) is 10.1 Å². The molecule has 0 spiro atoms. The van der Waals surface area contributed by atoms with Gasteiger partial charge in [0.05, 0.1) is 0 Å². The Labute approximate surface area is 126 Å². The third kappa shape index (κ3) is 5.39. The van der Waals surface area contributed by atoms with Crippen LogP contribution in [-0.2, 0) is 16.0 Å². The van der Waals surface area contributed by atoms with Crippen LogP contribution in [0.1, 0.15) is 26.3 Å². The number of hydrogen-bond donors (Lipinski definition) is 3. The predicted octanol–water partition coefficient (Wildman–Crippen LogP) is 1.93. The lowest BCUT2D eigenvalue weighted by atomic mass is 10.1. The summed E-state index contributed by atoms with van der Waals surface area (Å²) in [5.74, 6) is -1.90. The lowest BCUT2D eigenvalue weighted by molar-refractivity contribution is -0.133. The van der Waals surface area contributed by atoms with Gasteiger partial charge in [0.2, 0.25) is 0 Å². The lowest BCUT2D eigenvalue weighted by Crippen LogP contribution is -2.44. The summed E-state index contributed by atoms with van der Waals surface area (Å²) in [6.45, 7) is 4.50. The molecular formula is C14H18N2O4S. The average Bonchev–Trinajstić information content (AvgIpc) is 2.88. The highest BCUT2D eigenvalue weighted by molar-refractivity contribution is 7.07. The van der Waals surface area contributed by atoms with Crippen molar-refractivity contribution < 1.29 is 19.5 Å². The van der Waals surface area contributed by atoms with E-state index in [9.17, 15) is 14.4 Å². The Hall–Kier alpha value is -2.15. The molecule has 1 aromatic rings. The Morgan fingerprint density at radius 2 is 1.95 bits per heavy atom. The minimum atomic E-state index is -1.19. The molecule has 0 radical (unpaired) electrons. The van der Waals surface area contributed by atoms with Gasteiger partial charge in [-0.2, -0.15) is 11.3 Å². The molecule has 7 heteroatoms. The van der Waals surface area contributed by atoms with E-state index in [1.54, 1.807) is 11.3 Å². The van der Waals surface area contributed by atoms with Crippen LogP contribution in [0.2, 0.25) is 0 Å². The first-order chi connectivity index (χ1) is 9.81. The summed E-state index contributed by atoms with van der Waals surface area (Å²) in [4.78, 5) is 34.1. The van der Waals surface area contributed by atoms with E-state index in [0.29, 0.717) is 6.42 Å². The van der Waals surface area contributed by atoms with Crippen LogP contribution in [0.15, 0.2) is 28.0 Å². The van der Waals surface area contributed by atoms with Gasteiger partial charge < -0.3 is 10.4 Å². The third-order valence-electron chi connectivity index (χ3n) is 2.95. The van der Waals surface area contributed by atoms with Crippen molar-refractivity contribution in [2.24, 2.45) is 0 Å². The maximum atomic E-state index is 11.7.